The van der Waals surface area contributed by atoms with Gasteiger partial charge in [-0.15, -0.1) is 0 Å². The molecular formula is C14H18BrN3. The number of nitrogens with two attached hydrogens (primary N) is 1. The van der Waals surface area contributed by atoms with Crippen molar-refractivity contribution in [2.24, 2.45) is 5.73 Å². The molecule has 2 N–H and O–H groups in total. The molecule has 0 bridgehead atoms. The Labute approximate surface area is 116 Å². The van der Waals surface area contributed by atoms with Crippen LogP contribution in [0, 0.1) is 0 Å². The Balaban J connectivity index is 2.38. The molecule has 1 atom stereocenters. The van der Waals surface area contributed by atoms with Gasteiger partial charge in [0, 0.05) is 22.8 Å². The summed E-state index contributed by atoms with van der Waals surface area (Å²) in [7, 11) is 0. The Hall–Kier alpha value is -1.13. The van der Waals surface area contributed by atoms with Crippen molar-refractivity contribution in [2.45, 2.75) is 32.4 Å². The first-order valence-corrected chi connectivity index (χ1v) is 6.92. The summed E-state index contributed by atoms with van der Waals surface area (Å²) in [6, 6.07) is 8.05. The van der Waals surface area contributed by atoms with Crippen molar-refractivity contribution in [2.75, 3.05) is 0 Å². The van der Waals surface area contributed by atoms with Crippen LogP contribution < -0.4 is 5.73 Å². The van der Waals surface area contributed by atoms with Crippen molar-refractivity contribution >= 4 is 15.9 Å². The fourth-order valence-electron chi connectivity index (χ4n) is 2.02. The molecule has 18 heavy (non-hydrogen) atoms. The summed E-state index contributed by atoms with van der Waals surface area (Å²) < 4.78 is 2.97. The van der Waals surface area contributed by atoms with Crippen molar-refractivity contribution in [1.29, 1.82) is 0 Å². The van der Waals surface area contributed by atoms with Gasteiger partial charge in [-0.05, 0) is 25.0 Å². The third-order valence-electron chi connectivity index (χ3n) is 3.12. The van der Waals surface area contributed by atoms with Gasteiger partial charge in [0.2, 0.25) is 0 Å². The van der Waals surface area contributed by atoms with Gasteiger partial charge < -0.3 is 5.73 Å². The zero-order valence-corrected chi connectivity index (χ0v) is 12.3. The van der Waals surface area contributed by atoms with Crippen LogP contribution in [-0.4, -0.2) is 9.78 Å². The predicted molar refractivity (Wildman–Crippen MR) is 77.3 cm³/mol. The average molecular weight is 308 g/mol. The molecular weight excluding hydrogens is 290 g/mol. The highest BCUT2D eigenvalue weighted by Gasteiger charge is 2.27. The van der Waals surface area contributed by atoms with E-state index in [1.807, 2.05) is 48.3 Å². The van der Waals surface area contributed by atoms with E-state index < -0.39 is 5.54 Å². The zero-order valence-electron chi connectivity index (χ0n) is 10.7. The van der Waals surface area contributed by atoms with Crippen molar-refractivity contribution < 1.29 is 0 Å². The second-order valence-corrected chi connectivity index (χ2v) is 5.53. The number of hydrogen-bond acceptors (Lipinski definition) is 2. The summed E-state index contributed by atoms with van der Waals surface area (Å²) in [5.74, 6) is 0. The van der Waals surface area contributed by atoms with Gasteiger partial charge in [0.1, 0.15) is 0 Å². The van der Waals surface area contributed by atoms with E-state index in [1.165, 1.54) is 0 Å². The lowest BCUT2D eigenvalue weighted by Gasteiger charge is -2.25. The van der Waals surface area contributed by atoms with E-state index in [4.69, 9.17) is 5.73 Å². The van der Waals surface area contributed by atoms with Gasteiger partial charge in [-0.2, -0.15) is 5.10 Å². The molecule has 0 spiro atoms. The van der Waals surface area contributed by atoms with Gasteiger partial charge in [-0.1, -0.05) is 41.1 Å². The predicted octanol–water partition coefficient (Wildman–Crippen LogP) is 3.28. The van der Waals surface area contributed by atoms with Crippen LogP contribution in [0.2, 0.25) is 0 Å². The molecule has 0 aliphatic carbocycles. The maximum Gasteiger partial charge on any atom is 0.0678 e. The van der Waals surface area contributed by atoms with Crippen molar-refractivity contribution in [3.63, 3.8) is 0 Å². The minimum atomic E-state index is -0.536. The molecule has 0 saturated heterocycles. The van der Waals surface area contributed by atoms with E-state index in [2.05, 4.69) is 28.0 Å². The van der Waals surface area contributed by atoms with Crippen LogP contribution in [0.4, 0.5) is 0 Å². The highest BCUT2D eigenvalue weighted by Crippen LogP contribution is 2.31. The average Bonchev–Trinajstić information content (AvgIpc) is 2.79. The SMILES string of the molecule is CCCn1cc(C(C)(N)c2ccccc2Br)cn1. The zero-order chi connectivity index (χ0) is 13.2. The van der Waals surface area contributed by atoms with Gasteiger partial charge in [-0.25, -0.2) is 0 Å². The second-order valence-electron chi connectivity index (χ2n) is 4.67. The van der Waals surface area contributed by atoms with Crippen LogP contribution in [0.5, 0.6) is 0 Å². The number of hydrogen-bond donors (Lipinski definition) is 1. The van der Waals surface area contributed by atoms with Gasteiger partial charge in [-0.3, -0.25) is 4.68 Å². The van der Waals surface area contributed by atoms with E-state index in [0.717, 1.165) is 28.6 Å². The molecule has 0 saturated carbocycles. The summed E-state index contributed by atoms with van der Waals surface area (Å²) in [5.41, 5.74) is 8.05. The molecule has 1 aromatic carbocycles. The Bertz CT molecular complexity index is 531. The third kappa shape index (κ3) is 2.49. The van der Waals surface area contributed by atoms with Gasteiger partial charge in [0.15, 0.2) is 0 Å². The van der Waals surface area contributed by atoms with Gasteiger partial charge >= 0.3 is 0 Å². The van der Waals surface area contributed by atoms with E-state index in [-0.39, 0.29) is 0 Å². The van der Waals surface area contributed by atoms with Crippen LogP contribution in [0.15, 0.2) is 41.1 Å². The third-order valence-corrected chi connectivity index (χ3v) is 3.81. The first kappa shape index (κ1) is 13.3. The molecule has 1 aromatic heterocycles. The molecule has 2 rings (SSSR count). The summed E-state index contributed by atoms with van der Waals surface area (Å²) in [5, 5.41) is 4.35. The van der Waals surface area contributed by atoms with E-state index in [0.29, 0.717) is 0 Å². The molecule has 4 heteroatoms. The molecule has 1 unspecified atom stereocenters. The minimum Gasteiger partial charge on any atom is -0.318 e. The Morgan fingerprint density at radius 2 is 2.11 bits per heavy atom. The first-order chi connectivity index (χ1) is 8.55. The fourth-order valence-corrected chi connectivity index (χ4v) is 2.72. The lowest BCUT2D eigenvalue weighted by atomic mass is 9.88. The van der Waals surface area contributed by atoms with E-state index >= 15 is 0 Å². The largest absolute Gasteiger partial charge is 0.318 e. The summed E-state index contributed by atoms with van der Waals surface area (Å²) in [4.78, 5) is 0. The molecule has 0 aliphatic rings. The van der Waals surface area contributed by atoms with Crippen molar-refractivity contribution in [1.82, 2.24) is 9.78 Å². The molecule has 0 fully saturated rings. The molecule has 1 heterocycles. The number of benzene rings is 1. The fraction of sp³-hybridized carbons (Fsp3) is 0.357. The second kappa shape index (κ2) is 5.24. The quantitative estimate of drug-likeness (QED) is 0.942. The number of aryl methyl sites for hydroxylation is 1. The number of rotatable bonds is 4. The maximum absolute atomic E-state index is 6.49. The minimum absolute atomic E-state index is 0.536. The van der Waals surface area contributed by atoms with Crippen LogP contribution in [-0.2, 0) is 12.1 Å². The van der Waals surface area contributed by atoms with Gasteiger partial charge in [0.05, 0.1) is 11.7 Å². The number of halogens is 1. The standard InChI is InChI=1S/C14H18BrN3/c1-3-8-18-10-11(9-17-18)14(2,16)12-6-4-5-7-13(12)15/h4-7,9-10H,3,8,16H2,1-2H3. The monoisotopic (exact) mass is 307 g/mol. The highest BCUT2D eigenvalue weighted by molar-refractivity contribution is 9.10. The van der Waals surface area contributed by atoms with Gasteiger partial charge in [0.25, 0.3) is 0 Å². The smallest absolute Gasteiger partial charge is 0.0678 e. The lowest BCUT2D eigenvalue weighted by Crippen LogP contribution is -2.34. The van der Waals surface area contributed by atoms with Crippen molar-refractivity contribution in [3.8, 4) is 0 Å². The summed E-state index contributed by atoms with van der Waals surface area (Å²) >= 11 is 3.56. The van der Waals surface area contributed by atoms with Crippen LogP contribution in [0.3, 0.4) is 0 Å². The Morgan fingerprint density at radius 3 is 2.78 bits per heavy atom. The van der Waals surface area contributed by atoms with E-state index in [1.54, 1.807) is 0 Å². The molecule has 0 amide bonds. The highest BCUT2D eigenvalue weighted by atomic mass is 79.9. The summed E-state index contributed by atoms with van der Waals surface area (Å²) in [6.07, 6.45) is 4.95. The molecule has 2 aromatic rings. The molecule has 0 aliphatic heterocycles. The topological polar surface area (TPSA) is 43.8 Å². The maximum atomic E-state index is 6.49. The van der Waals surface area contributed by atoms with Crippen LogP contribution >= 0.6 is 15.9 Å². The molecule has 0 radical (unpaired) electrons. The molecule has 96 valence electrons. The lowest BCUT2D eigenvalue weighted by molar-refractivity contribution is 0.585. The van der Waals surface area contributed by atoms with E-state index in [9.17, 15) is 0 Å². The van der Waals surface area contributed by atoms with Crippen LogP contribution in [0.1, 0.15) is 31.4 Å². The molecule has 3 nitrogen and oxygen atoms in total. The van der Waals surface area contributed by atoms with Crippen molar-refractivity contribution in [3.05, 3.63) is 52.3 Å². The van der Waals surface area contributed by atoms with Crippen LogP contribution in [0.25, 0.3) is 0 Å². The Kier molecular flexibility index (Phi) is 3.88. The number of aromatic nitrogens is 2. The normalized spacial score (nSPS) is 14.4. The number of nitrogens with zero attached hydrogens (tertiary/aromatic N) is 2. The Morgan fingerprint density at radius 1 is 1.39 bits per heavy atom. The first-order valence-electron chi connectivity index (χ1n) is 6.12. The summed E-state index contributed by atoms with van der Waals surface area (Å²) in [6.45, 7) is 5.07.